The smallest absolute Gasteiger partial charge is 0.228 e. The fourth-order valence-corrected chi connectivity index (χ4v) is 3.34. The molecule has 0 bridgehead atoms. The number of nitrogens with one attached hydrogen (secondary N) is 1. The lowest BCUT2D eigenvalue weighted by Crippen LogP contribution is -2.14. The van der Waals surface area contributed by atoms with Crippen molar-refractivity contribution in [1.82, 2.24) is 4.98 Å². The number of anilines is 1. The second kappa shape index (κ2) is 6.50. The number of amides is 1. The van der Waals surface area contributed by atoms with Crippen LogP contribution in [0.2, 0.25) is 0 Å². The first-order valence-electron chi connectivity index (χ1n) is 7.77. The first-order chi connectivity index (χ1) is 11.0. The molecule has 0 spiro atoms. The van der Waals surface area contributed by atoms with Gasteiger partial charge >= 0.3 is 0 Å². The summed E-state index contributed by atoms with van der Waals surface area (Å²) in [7, 11) is 0. The topological polar surface area (TPSA) is 42.0 Å². The Morgan fingerprint density at radius 3 is 2.61 bits per heavy atom. The molecule has 0 unspecified atom stereocenters. The molecule has 0 radical (unpaired) electrons. The van der Waals surface area contributed by atoms with E-state index in [-0.39, 0.29) is 5.91 Å². The molecule has 0 aliphatic rings. The second-order valence-electron chi connectivity index (χ2n) is 6.04. The molecular formula is C19H20N2OS. The Morgan fingerprint density at radius 2 is 1.91 bits per heavy atom. The average molecular weight is 324 g/mol. The predicted octanol–water partition coefficient (Wildman–Crippen LogP) is 4.91. The highest BCUT2D eigenvalue weighted by atomic mass is 32.1. The highest BCUT2D eigenvalue weighted by Gasteiger charge is 2.07. The third kappa shape index (κ3) is 3.77. The molecule has 23 heavy (non-hydrogen) atoms. The van der Waals surface area contributed by atoms with Crippen molar-refractivity contribution in [3.63, 3.8) is 0 Å². The largest absolute Gasteiger partial charge is 0.326 e. The zero-order chi connectivity index (χ0) is 16.4. The summed E-state index contributed by atoms with van der Waals surface area (Å²) >= 11 is 1.66. The van der Waals surface area contributed by atoms with Gasteiger partial charge in [-0.25, -0.2) is 4.98 Å². The summed E-state index contributed by atoms with van der Waals surface area (Å²) in [6.45, 7) is 6.32. The Labute approximate surface area is 140 Å². The standard InChI is InChI=1S/C19H20N2OS/c1-12(2)15-6-4-14(5-7-15)10-19(22)21-16-8-9-18-17(11-16)20-13(3)23-18/h4-9,11-12H,10H2,1-3H3,(H,21,22). The molecule has 0 aliphatic heterocycles. The number of carbonyl (C=O) groups excluding carboxylic acids is 1. The second-order valence-corrected chi connectivity index (χ2v) is 7.27. The number of aromatic nitrogens is 1. The highest BCUT2D eigenvalue weighted by Crippen LogP contribution is 2.24. The normalized spacial score (nSPS) is 11.1. The van der Waals surface area contributed by atoms with Crippen molar-refractivity contribution < 1.29 is 4.79 Å². The van der Waals surface area contributed by atoms with Gasteiger partial charge in [0, 0.05) is 5.69 Å². The van der Waals surface area contributed by atoms with Crippen LogP contribution in [0.1, 0.15) is 35.9 Å². The maximum Gasteiger partial charge on any atom is 0.228 e. The summed E-state index contributed by atoms with van der Waals surface area (Å²) in [6, 6.07) is 14.1. The van der Waals surface area contributed by atoms with Crippen LogP contribution in [0.25, 0.3) is 10.2 Å². The number of thiazole rings is 1. The number of carbonyl (C=O) groups is 1. The molecule has 3 nitrogen and oxygen atoms in total. The fraction of sp³-hybridized carbons (Fsp3) is 0.263. The number of aryl methyl sites for hydroxylation is 1. The van der Waals surface area contributed by atoms with Crippen LogP contribution in [0.3, 0.4) is 0 Å². The molecule has 1 amide bonds. The summed E-state index contributed by atoms with van der Waals surface area (Å²) < 4.78 is 1.14. The Bertz CT molecular complexity index is 834. The summed E-state index contributed by atoms with van der Waals surface area (Å²) in [4.78, 5) is 16.7. The van der Waals surface area contributed by atoms with E-state index in [4.69, 9.17) is 0 Å². The maximum atomic E-state index is 12.2. The number of benzene rings is 2. The zero-order valence-electron chi connectivity index (χ0n) is 13.6. The molecule has 0 fully saturated rings. The van der Waals surface area contributed by atoms with Gasteiger partial charge in [-0.05, 0) is 42.2 Å². The first kappa shape index (κ1) is 15.7. The van der Waals surface area contributed by atoms with Gasteiger partial charge < -0.3 is 5.32 Å². The van der Waals surface area contributed by atoms with Crippen LogP contribution in [0, 0.1) is 6.92 Å². The minimum Gasteiger partial charge on any atom is -0.326 e. The molecule has 2 aromatic carbocycles. The van der Waals surface area contributed by atoms with Gasteiger partial charge in [0.2, 0.25) is 5.91 Å². The molecule has 0 saturated heterocycles. The Kier molecular flexibility index (Phi) is 4.44. The van der Waals surface area contributed by atoms with E-state index in [1.54, 1.807) is 11.3 Å². The first-order valence-corrected chi connectivity index (χ1v) is 8.59. The van der Waals surface area contributed by atoms with Crippen molar-refractivity contribution in [2.24, 2.45) is 0 Å². The van der Waals surface area contributed by atoms with Crippen molar-refractivity contribution in [3.05, 3.63) is 58.6 Å². The van der Waals surface area contributed by atoms with Crippen LogP contribution in [0.4, 0.5) is 5.69 Å². The number of nitrogens with zero attached hydrogens (tertiary/aromatic N) is 1. The van der Waals surface area contributed by atoms with Crippen LogP contribution < -0.4 is 5.32 Å². The van der Waals surface area contributed by atoms with Gasteiger partial charge in [0.25, 0.3) is 0 Å². The molecule has 0 saturated carbocycles. The molecule has 0 aliphatic carbocycles. The Morgan fingerprint density at radius 1 is 1.17 bits per heavy atom. The van der Waals surface area contributed by atoms with Gasteiger partial charge in [0.05, 0.1) is 21.6 Å². The monoisotopic (exact) mass is 324 g/mol. The molecule has 3 aromatic rings. The average Bonchev–Trinajstić information content (AvgIpc) is 2.87. The molecule has 1 aromatic heterocycles. The van der Waals surface area contributed by atoms with Gasteiger partial charge in [-0.1, -0.05) is 38.1 Å². The van der Waals surface area contributed by atoms with Crippen molar-refractivity contribution in [3.8, 4) is 0 Å². The highest BCUT2D eigenvalue weighted by molar-refractivity contribution is 7.18. The zero-order valence-corrected chi connectivity index (χ0v) is 14.4. The molecule has 1 heterocycles. The molecule has 118 valence electrons. The van der Waals surface area contributed by atoms with Gasteiger partial charge in [-0.3, -0.25) is 4.79 Å². The quantitative estimate of drug-likeness (QED) is 0.741. The van der Waals surface area contributed by atoms with Crippen molar-refractivity contribution in [2.45, 2.75) is 33.1 Å². The molecule has 0 atom stereocenters. The van der Waals surface area contributed by atoms with E-state index < -0.39 is 0 Å². The lowest BCUT2D eigenvalue weighted by molar-refractivity contribution is -0.115. The lowest BCUT2D eigenvalue weighted by Gasteiger charge is -2.08. The summed E-state index contributed by atoms with van der Waals surface area (Å²) in [5.41, 5.74) is 4.05. The van der Waals surface area contributed by atoms with E-state index in [0.717, 1.165) is 26.5 Å². The predicted molar refractivity (Wildman–Crippen MR) is 97.2 cm³/mol. The number of fused-ring (bicyclic) bond motifs is 1. The van der Waals surface area contributed by atoms with Crippen molar-refractivity contribution in [1.29, 1.82) is 0 Å². The summed E-state index contributed by atoms with van der Waals surface area (Å²) in [6.07, 6.45) is 0.381. The van der Waals surface area contributed by atoms with Crippen LogP contribution in [0.5, 0.6) is 0 Å². The summed E-state index contributed by atoms with van der Waals surface area (Å²) in [5.74, 6) is 0.500. The van der Waals surface area contributed by atoms with Crippen LogP contribution in [-0.4, -0.2) is 10.9 Å². The summed E-state index contributed by atoms with van der Waals surface area (Å²) in [5, 5.41) is 3.99. The van der Waals surface area contributed by atoms with Crippen molar-refractivity contribution in [2.75, 3.05) is 5.32 Å². The van der Waals surface area contributed by atoms with E-state index in [2.05, 4.69) is 36.3 Å². The lowest BCUT2D eigenvalue weighted by atomic mass is 10.0. The van der Waals surface area contributed by atoms with Gasteiger partial charge in [0.1, 0.15) is 0 Å². The third-order valence-electron chi connectivity index (χ3n) is 3.79. The minimum absolute atomic E-state index is 0.00593. The van der Waals surface area contributed by atoms with E-state index in [1.807, 2.05) is 37.3 Å². The van der Waals surface area contributed by atoms with Crippen molar-refractivity contribution >= 4 is 33.1 Å². The number of hydrogen-bond acceptors (Lipinski definition) is 3. The van der Waals surface area contributed by atoms with Gasteiger partial charge in [-0.2, -0.15) is 0 Å². The Balaban J connectivity index is 1.67. The molecule has 1 N–H and O–H groups in total. The van der Waals surface area contributed by atoms with Crippen LogP contribution in [-0.2, 0) is 11.2 Å². The van der Waals surface area contributed by atoms with E-state index in [1.165, 1.54) is 5.56 Å². The Hall–Kier alpha value is -2.20. The number of hydrogen-bond donors (Lipinski definition) is 1. The fourth-order valence-electron chi connectivity index (χ4n) is 2.53. The third-order valence-corrected chi connectivity index (χ3v) is 4.74. The van der Waals surface area contributed by atoms with Crippen LogP contribution in [0.15, 0.2) is 42.5 Å². The van der Waals surface area contributed by atoms with E-state index in [0.29, 0.717) is 12.3 Å². The van der Waals surface area contributed by atoms with Gasteiger partial charge in [0.15, 0.2) is 0 Å². The molecule has 3 rings (SSSR count). The maximum absolute atomic E-state index is 12.2. The van der Waals surface area contributed by atoms with E-state index in [9.17, 15) is 4.79 Å². The molecular weight excluding hydrogens is 304 g/mol. The number of rotatable bonds is 4. The molecule has 4 heteroatoms. The van der Waals surface area contributed by atoms with Gasteiger partial charge in [-0.15, -0.1) is 11.3 Å². The van der Waals surface area contributed by atoms with Crippen LogP contribution >= 0.6 is 11.3 Å². The van der Waals surface area contributed by atoms with E-state index >= 15 is 0 Å². The SMILES string of the molecule is Cc1nc2cc(NC(=O)Cc3ccc(C(C)C)cc3)ccc2s1. The minimum atomic E-state index is -0.00593.